The second-order valence-corrected chi connectivity index (χ2v) is 10.1. The van der Waals surface area contributed by atoms with E-state index in [0.717, 1.165) is 17.5 Å². The Kier molecular flexibility index (Phi) is 11.3. The van der Waals surface area contributed by atoms with Crippen LogP contribution in [0, 0.1) is 12.8 Å². The molecule has 1 fully saturated rings. The van der Waals surface area contributed by atoms with Crippen LogP contribution in [0.15, 0.2) is 53.4 Å². The van der Waals surface area contributed by atoms with E-state index in [1.165, 1.54) is 5.56 Å². The molecule has 1 heterocycles. The van der Waals surface area contributed by atoms with Gasteiger partial charge in [-0.25, -0.2) is 9.10 Å². The second kappa shape index (κ2) is 13.7. The maximum atomic E-state index is 12.8. The number of carbonyl (C=O) groups is 1. The molecule has 1 amide bonds. The zero-order chi connectivity index (χ0) is 23.8. The predicted octanol–water partition coefficient (Wildman–Crippen LogP) is 3.67. The van der Waals surface area contributed by atoms with Gasteiger partial charge in [0.15, 0.2) is 0 Å². The number of aryl methyl sites for hydroxylation is 1. The molecule has 3 unspecified atom stereocenters. The van der Waals surface area contributed by atoms with Crippen LogP contribution in [0.3, 0.4) is 0 Å². The maximum absolute atomic E-state index is 12.8. The summed E-state index contributed by atoms with van der Waals surface area (Å²) in [7, 11) is 0. The fraction of sp³-hybridized carbons (Fsp3) is 0.480. The first-order chi connectivity index (χ1) is 15.9. The Morgan fingerprint density at radius 3 is 2.35 bits per heavy atom. The monoisotopic (exact) mass is 492 g/mol. The number of amides is 1. The molecule has 1 saturated heterocycles. The minimum Gasteiger partial charge on any atom is -0.412 e. The fourth-order valence-electron chi connectivity index (χ4n) is 3.85. The lowest BCUT2D eigenvalue weighted by Crippen LogP contribution is -2.51. The van der Waals surface area contributed by atoms with Crippen molar-refractivity contribution in [3.63, 3.8) is 0 Å². The van der Waals surface area contributed by atoms with Gasteiger partial charge in [0.2, 0.25) is 17.0 Å². The zero-order valence-electron chi connectivity index (χ0n) is 20.0. The Morgan fingerprint density at radius 1 is 1.15 bits per heavy atom. The molecule has 0 spiro atoms. The smallest absolute Gasteiger partial charge is 0.220 e. The molecule has 2 aromatic carbocycles. The van der Waals surface area contributed by atoms with E-state index in [1.54, 1.807) is 17.2 Å². The highest BCUT2D eigenvalue weighted by atomic mass is 32.2. The molecule has 0 bridgehead atoms. The molecule has 8 nitrogen and oxygen atoms in total. The minimum atomic E-state index is -1.70. The van der Waals surface area contributed by atoms with Gasteiger partial charge in [-0.05, 0) is 55.4 Å². The molecule has 1 aliphatic rings. The molecule has 4 N–H and O–H groups in total. The van der Waals surface area contributed by atoms with Gasteiger partial charge < -0.3 is 10.8 Å². The zero-order valence-corrected chi connectivity index (χ0v) is 20.8. The predicted molar refractivity (Wildman–Crippen MR) is 132 cm³/mol. The molecule has 3 rings (SSSR count). The largest absolute Gasteiger partial charge is 0.412 e. The number of hydrogen-bond donors (Lipinski definition) is 2. The summed E-state index contributed by atoms with van der Waals surface area (Å²) in [5.41, 5.74) is 3.33. The van der Waals surface area contributed by atoms with E-state index in [0.29, 0.717) is 36.6 Å². The molecule has 9 heteroatoms. The number of carbonyl (C=O) groups excluding carboxylic acids is 1. The van der Waals surface area contributed by atoms with Gasteiger partial charge in [-0.1, -0.05) is 55.8 Å². The van der Waals surface area contributed by atoms with E-state index in [1.807, 2.05) is 19.1 Å². The van der Waals surface area contributed by atoms with Crippen molar-refractivity contribution in [2.45, 2.75) is 63.4 Å². The van der Waals surface area contributed by atoms with Gasteiger partial charge in [-0.15, -0.1) is 0 Å². The number of rotatable bonds is 10. The first-order valence-corrected chi connectivity index (χ1v) is 12.5. The van der Waals surface area contributed by atoms with Crippen molar-refractivity contribution in [2.75, 3.05) is 13.2 Å². The van der Waals surface area contributed by atoms with E-state index in [2.05, 4.69) is 48.3 Å². The molecule has 0 aliphatic carbocycles. The summed E-state index contributed by atoms with van der Waals surface area (Å²) in [4.78, 5) is 17.1. The molecule has 0 saturated carbocycles. The summed E-state index contributed by atoms with van der Waals surface area (Å²) in [5, 5.41) is 13.7. The van der Waals surface area contributed by atoms with Crippen molar-refractivity contribution in [3.8, 4) is 11.1 Å². The van der Waals surface area contributed by atoms with Crippen molar-refractivity contribution in [1.29, 1.82) is 0 Å². The maximum Gasteiger partial charge on any atom is 0.220 e. The van der Waals surface area contributed by atoms with Gasteiger partial charge >= 0.3 is 0 Å². The van der Waals surface area contributed by atoms with Crippen LogP contribution in [0.1, 0.15) is 45.1 Å². The molecule has 0 aromatic heterocycles. The second-order valence-electron chi connectivity index (χ2n) is 9.01. The molecule has 188 valence electrons. The Bertz CT molecular complexity index is 920. The van der Waals surface area contributed by atoms with Crippen LogP contribution >= 0.6 is 0 Å². The first kappa shape index (κ1) is 28.1. The fourth-order valence-corrected chi connectivity index (χ4v) is 4.66. The van der Waals surface area contributed by atoms with Crippen molar-refractivity contribution in [2.24, 2.45) is 5.92 Å². The summed E-state index contributed by atoms with van der Waals surface area (Å²) in [6.07, 6.45) is 2.55. The SMILES string of the molecule is Cc1ccc(-c2ccc(S(=O)ON3CCC(NC(=O)CCC(C)C)CC3COO)cc2)cc1.O. The highest BCUT2D eigenvalue weighted by Gasteiger charge is 2.32. The lowest BCUT2D eigenvalue weighted by Gasteiger charge is -2.37. The third-order valence-electron chi connectivity index (χ3n) is 5.84. The van der Waals surface area contributed by atoms with E-state index in [-0.39, 0.29) is 30.1 Å². The minimum absolute atomic E-state index is 0. The van der Waals surface area contributed by atoms with Crippen LogP contribution in [0.4, 0.5) is 0 Å². The van der Waals surface area contributed by atoms with Crippen molar-refractivity contribution in [3.05, 3.63) is 54.1 Å². The van der Waals surface area contributed by atoms with Crippen molar-refractivity contribution in [1.82, 2.24) is 10.4 Å². The van der Waals surface area contributed by atoms with Gasteiger partial charge in [0, 0.05) is 19.0 Å². The Hall–Kier alpha value is -2.14. The summed E-state index contributed by atoms with van der Waals surface area (Å²) >= 11 is -1.70. The summed E-state index contributed by atoms with van der Waals surface area (Å²) in [5.74, 6) is 0.506. The van der Waals surface area contributed by atoms with Crippen molar-refractivity contribution < 1.29 is 28.9 Å². The molecule has 3 atom stereocenters. The topological polar surface area (TPSA) is 120 Å². The number of nitrogens with zero attached hydrogens (tertiary/aromatic N) is 1. The third-order valence-corrected chi connectivity index (χ3v) is 6.82. The van der Waals surface area contributed by atoms with Crippen LogP contribution in [0.5, 0.6) is 0 Å². The van der Waals surface area contributed by atoms with Gasteiger partial charge in [-0.3, -0.25) is 10.1 Å². The number of piperidine rings is 1. The number of nitrogens with one attached hydrogen (secondary N) is 1. The highest BCUT2D eigenvalue weighted by molar-refractivity contribution is 7.80. The number of benzene rings is 2. The van der Waals surface area contributed by atoms with E-state index in [4.69, 9.17) is 9.54 Å². The highest BCUT2D eigenvalue weighted by Crippen LogP contribution is 2.24. The van der Waals surface area contributed by atoms with Crippen LogP contribution in [0.25, 0.3) is 11.1 Å². The average Bonchev–Trinajstić information content (AvgIpc) is 2.80. The van der Waals surface area contributed by atoms with Gasteiger partial charge in [0.1, 0.15) is 0 Å². The molecule has 34 heavy (non-hydrogen) atoms. The first-order valence-electron chi connectivity index (χ1n) is 11.5. The number of hydrogen-bond acceptors (Lipinski definition) is 6. The molecule has 1 aliphatic heterocycles. The van der Waals surface area contributed by atoms with E-state index >= 15 is 0 Å². The van der Waals surface area contributed by atoms with Crippen LogP contribution in [-0.2, 0) is 25.0 Å². The van der Waals surface area contributed by atoms with Crippen LogP contribution in [0.2, 0.25) is 0 Å². The van der Waals surface area contributed by atoms with Gasteiger partial charge in [0.25, 0.3) is 0 Å². The summed E-state index contributed by atoms with van der Waals surface area (Å²) in [6, 6.07) is 15.3. The molecule has 0 radical (unpaired) electrons. The van der Waals surface area contributed by atoms with Gasteiger partial charge in [-0.2, -0.15) is 9.35 Å². The quantitative estimate of drug-likeness (QED) is 0.386. The lowest BCUT2D eigenvalue weighted by molar-refractivity contribution is -0.267. The number of hydroxylamine groups is 2. The Balaban J connectivity index is 0.00000408. The molecule has 2 aromatic rings. The Morgan fingerprint density at radius 2 is 1.76 bits per heavy atom. The summed E-state index contributed by atoms with van der Waals surface area (Å²) < 4.78 is 18.6. The van der Waals surface area contributed by atoms with Gasteiger partial charge in [0.05, 0.1) is 17.5 Å². The Labute approximate surface area is 204 Å². The molecular formula is C25H36N2O6S. The van der Waals surface area contributed by atoms with Crippen LogP contribution in [-0.4, -0.2) is 51.1 Å². The van der Waals surface area contributed by atoms with E-state index < -0.39 is 11.1 Å². The molecular weight excluding hydrogens is 456 g/mol. The van der Waals surface area contributed by atoms with E-state index in [9.17, 15) is 9.00 Å². The third kappa shape index (κ3) is 8.26. The lowest BCUT2D eigenvalue weighted by atomic mass is 9.99. The van der Waals surface area contributed by atoms with Crippen molar-refractivity contribution >= 4 is 17.0 Å². The summed E-state index contributed by atoms with van der Waals surface area (Å²) in [6.45, 7) is 6.70. The standard InChI is InChI=1S/C25H34N2O5S.H2O/c1-18(2)4-13-25(28)26-22-14-15-27(23(16-22)17-31-29)32-33(30)24-11-9-21(10-12-24)20-7-5-19(3)6-8-20;/h5-12,18,22-23,29H,4,13-17H2,1-3H3,(H,26,28);1H2. The normalized spacial score (nSPS) is 19.4. The van der Waals surface area contributed by atoms with Crippen LogP contribution < -0.4 is 5.32 Å². The average molecular weight is 493 g/mol.